The Hall–Kier alpha value is -2.45. The number of aromatic nitrogens is 1. The number of benzene rings is 1. The zero-order valence-electron chi connectivity index (χ0n) is 17.6. The number of nitrogens with zero attached hydrogens (tertiary/aromatic N) is 2. The van der Waals surface area contributed by atoms with E-state index in [0.717, 1.165) is 35.1 Å². The number of pyridine rings is 1. The fourth-order valence-corrected chi connectivity index (χ4v) is 4.59. The molecule has 0 unspecified atom stereocenters. The van der Waals surface area contributed by atoms with Crippen LogP contribution in [-0.4, -0.2) is 46.9 Å². The average molecular weight is 486 g/mol. The van der Waals surface area contributed by atoms with Crippen LogP contribution in [0.25, 0.3) is 0 Å². The van der Waals surface area contributed by atoms with Crippen molar-refractivity contribution < 1.29 is 9.59 Å². The van der Waals surface area contributed by atoms with Crippen molar-refractivity contribution in [2.24, 2.45) is 5.92 Å². The first-order chi connectivity index (χ1) is 14.9. The minimum absolute atomic E-state index is 0.0371. The Labute approximate surface area is 190 Å². The molecule has 2 aromatic rings. The minimum atomic E-state index is -0.387. The van der Waals surface area contributed by atoms with Gasteiger partial charge in [-0.2, -0.15) is 0 Å². The molecule has 2 aliphatic heterocycles. The van der Waals surface area contributed by atoms with E-state index in [2.05, 4.69) is 43.7 Å². The van der Waals surface area contributed by atoms with Crippen molar-refractivity contribution >= 4 is 33.6 Å². The summed E-state index contributed by atoms with van der Waals surface area (Å²) in [5.74, 6) is 0.811. The summed E-state index contributed by atoms with van der Waals surface area (Å²) in [5.41, 5.74) is 8.68. The molecule has 0 radical (unpaired) electrons. The molecule has 0 bridgehead atoms. The van der Waals surface area contributed by atoms with Gasteiger partial charge in [-0.15, -0.1) is 0 Å². The summed E-state index contributed by atoms with van der Waals surface area (Å²) >= 11 is 3.46. The number of amides is 2. The van der Waals surface area contributed by atoms with Crippen LogP contribution in [0.15, 0.2) is 40.9 Å². The molecule has 8 heteroatoms. The van der Waals surface area contributed by atoms with Crippen molar-refractivity contribution in [3.05, 3.63) is 57.7 Å². The molecule has 0 saturated carbocycles. The van der Waals surface area contributed by atoms with Crippen LogP contribution in [0, 0.1) is 12.8 Å². The highest BCUT2D eigenvalue weighted by Crippen LogP contribution is 2.25. The van der Waals surface area contributed by atoms with E-state index in [1.165, 1.54) is 5.56 Å². The maximum atomic E-state index is 13.0. The zero-order chi connectivity index (χ0) is 22.0. The topological polar surface area (TPSA) is 100 Å². The number of carbonyl (C=O) groups is 2. The van der Waals surface area contributed by atoms with E-state index in [-0.39, 0.29) is 23.9 Å². The number of hydrogen-bond acceptors (Lipinski definition) is 5. The highest BCUT2D eigenvalue weighted by atomic mass is 79.9. The number of halogens is 1. The second kappa shape index (κ2) is 9.36. The predicted octanol–water partition coefficient (Wildman–Crippen LogP) is 2.17. The Balaban J connectivity index is 1.28. The molecule has 2 amide bonds. The summed E-state index contributed by atoms with van der Waals surface area (Å²) < 4.78 is 1.07. The van der Waals surface area contributed by atoms with Gasteiger partial charge in [0.2, 0.25) is 11.8 Å². The van der Waals surface area contributed by atoms with E-state index in [4.69, 9.17) is 5.73 Å². The molecule has 3 atom stereocenters. The van der Waals surface area contributed by atoms with Gasteiger partial charge in [-0.1, -0.05) is 34.1 Å². The third kappa shape index (κ3) is 5.07. The predicted molar refractivity (Wildman–Crippen MR) is 123 cm³/mol. The molecule has 4 rings (SSSR count). The summed E-state index contributed by atoms with van der Waals surface area (Å²) in [5, 5.41) is 6.31. The van der Waals surface area contributed by atoms with Crippen molar-refractivity contribution in [1.82, 2.24) is 20.5 Å². The van der Waals surface area contributed by atoms with Gasteiger partial charge in [0.1, 0.15) is 11.9 Å². The molecule has 31 heavy (non-hydrogen) atoms. The highest BCUT2D eigenvalue weighted by molar-refractivity contribution is 9.10. The summed E-state index contributed by atoms with van der Waals surface area (Å²) in [4.78, 5) is 31.6. The summed E-state index contributed by atoms with van der Waals surface area (Å²) in [6.45, 7) is 3.70. The highest BCUT2D eigenvalue weighted by Gasteiger charge is 2.42. The van der Waals surface area contributed by atoms with Crippen molar-refractivity contribution in [3.8, 4) is 0 Å². The SMILES string of the molecule is Cc1nc(N)ccc1CNC(=O)[C@@H]1CCN1C(=O)[C@H]1C[C@H](Cc2ccc(Br)cc2)CN1. The molecule has 4 N–H and O–H groups in total. The van der Waals surface area contributed by atoms with E-state index >= 15 is 0 Å². The number of likely N-dealkylation sites (tertiary alicyclic amines) is 1. The Morgan fingerprint density at radius 3 is 2.71 bits per heavy atom. The zero-order valence-corrected chi connectivity index (χ0v) is 19.2. The van der Waals surface area contributed by atoms with Crippen LogP contribution in [0.2, 0.25) is 0 Å². The van der Waals surface area contributed by atoms with Gasteiger partial charge in [-0.25, -0.2) is 4.98 Å². The van der Waals surface area contributed by atoms with Gasteiger partial charge < -0.3 is 21.3 Å². The normalized spacial score (nSPS) is 22.8. The van der Waals surface area contributed by atoms with Crippen LogP contribution >= 0.6 is 15.9 Å². The summed E-state index contributed by atoms with van der Waals surface area (Å²) in [6, 6.07) is 11.3. The standard InChI is InChI=1S/C23H28BrN5O2/c1-14-17(4-7-21(25)28-14)13-27-22(30)20-8-9-29(20)23(31)19-11-16(12-26-19)10-15-2-5-18(24)6-3-15/h2-7,16,19-20,26H,8-13H2,1H3,(H2,25,28)(H,27,30)/t16-,19+,20-/m0/s1. The first-order valence-corrected chi connectivity index (χ1v) is 11.5. The molecular formula is C23H28BrN5O2. The average Bonchev–Trinajstić information content (AvgIpc) is 3.17. The molecular weight excluding hydrogens is 458 g/mol. The van der Waals surface area contributed by atoms with Gasteiger partial charge in [0.25, 0.3) is 0 Å². The molecule has 2 fully saturated rings. The quantitative estimate of drug-likeness (QED) is 0.581. The van der Waals surface area contributed by atoms with E-state index in [1.807, 2.05) is 25.1 Å². The monoisotopic (exact) mass is 485 g/mol. The number of nitrogens with two attached hydrogens (primary N) is 1. The Morgan fingerprint density at radius 2 is 2.03 bits per heavy atom. The molecule has 7 nitrogen and oxygen atoms in total. The van der Waals surface area contributed by atoms with Crippen LogP contribution in [-0.2, 0) is 22.6 Å². The lowest BCUT2D eigenvalue weighted by atomic mass is 9.95. The molecule has 1 aromatic carbocycles. The maximum Gasteiger partial charge on any atom is 0.243 e. The van der Waals surface area contributed by atoms with Gasteiger partial charge in [-0.3, -0.25) is 9.59 Å². The lowest BCUT2D eigenvalue weighted by Gasteiger charge is -2.41. The van der Waals surface area contributed by atoms with E-state index in [0.29, 0.717) is 31.2 Å². The first-order valence-electron chi connectivity index (χ1n) is 10.7. The smallest absolute Gasteiger partial charge is 0.243 e. The third-order valence-corrected chi connectivity index (χ3v) is 6.76. The first kappa shape index (κ1) is 21.8. The van der Waals surface area contributed by atoms with Crippen LogP contribution in [0.5, 0.6) is 0 Å². The van der Waals surface area contributed by atoms with Gasteiger partial charge in [0, 0.05) is 23.3 Å². The number of nitrogen functional groups attached to an aromatic ring is 1. The second-order valence-electron chi connectivity index (χ2n) is 8.43. The maximum absolute atomic E-state index is 13.0. The number of rotatable bonds is 6. The molecule has 1 aromatic heterocycles. The van der Waals surface area contributed by atoms with Crippen molar-refractivity contribution in [1.29, 1.82) is 0 Å². The number of aryl methyl sites for hydroxylation is 1. The van der Waals surface area contributed by atoms with E-state index in [1.54, 1.807) is 11.0 Å². The summed E-state index contributed by atoms with van der Waals surface area (Å²) in [7, 11) is 0. The van der Waals surface area contributed by atoms with Crippen LogP contribution < -0.4 is 16.4 Å². The second-order valence-corrected chi connectivity index (χ2v) is 9.34. The molecule has 2 saturated heterocycles. The minimum Gasteiger partial charge on any atom is -0.384 e. The van der Waals surface area contributed by atoms with Crippen molar-refractivity contribution in [2.75, 3.05) is 18.8 Å². The van der Waals surface area contributed by atoms with Crippen LogP contribution in [0.4, 0.5) is 5.82 Å². The van der Waals surface area contributed by atoms with Crippen molar-refractivity contribution in [3.63, 3.8) is 0 Å². The van der Waals surface area contributed by atoms with Gasteiger partial charge >= 0.3 is 0 Å². The lowest BCUT2D eigenvalue weighted by Crippen LogP contribution is -2.61. The number of anilines is 1. The molecule has 164 valence electrons. The van der Waals surface area contributed by atoms with Gasteiger partial charge in [0.05, 0.1) is 6.04 Å². The van der Waals surface area contributed by atoms with Gasteiger partial charge in [0.15, 0.2) is 0 Å². The number of hydrogen-bond donors (Lipinski definition) is 3. The van der Waals surface area contributed by atoms with Gasteiger partial charge in [-0.05, 0) is 68.0 Å². The fraction of sp³-hybridized carbons (Fsp3) is 0.435. The Morgan fingerprint density at radius 1 is 1.26 bits per heavy atom. The largest absolute Gasteiger partial charge is 0.384 e. The lowest BCUT2D eigenvalue weighted by molar-refractivity contribution is -0.148. The van der Waals surface area contributed by atoms with Crippen LogP contribution in [0.3, 0.4) is 0 Å². The number of carbonyl (C=O) groups excluding carboxylic acids is 2. The molecule has 0 aliphatic carbocycles. The van der Waals surface area contributed by atoms with Crippen LogP contribution in [0.1, 0.15) is 29.7 Å². The molecule has 0 spiro atoms. The fourth-order valence-electron chi connectivity index (χ4n) is 4.33. The summed E-state index contributed by atoms with van der Waals surface area (Å²) in [6.07, 6.45) is 2.45. The number of nitrogens with one attached hydrogen (secondary N) is 2. The van der Waals surface area contributed by atoms with E-state index < -0.39 is 0 Å². The van der Waals surface area contributed by atoms with E-state index in [9.17, 15) is 9.59 Å². The van der Waals surface area contributed by atoms with Crippen molar-refractivity contribution in [2.45, 2.75) is 44.8 Å². The third-order valence-electron chi connectivity index (χ3n) is 6.23. The molecule has 3 heterocycles. The molecule has 2 aliphatic rings. The Bertz CT molecular complexity index is 965. The Kier molecular flexibility index (Phi) is 6.57.